The molecule has 0 aliphatic heterocycles. The lowest BCUT2D eigenvalue weighted by Crippen LogP contribution is -2.20. The van der Waals surface area contributed by atoms with Gasteiger partial charge in [0.2, 0.25) is 0 Å². The molecule has 3 aromatic rings. The first-order chi connectivity index (χ1) is 20.7. The van der Waals surface area contributed by atoms with Crippen molar-refractivity contribution >= 4 is 34.3 Å². The molecule has 0 saturated heterocycles. The fourth-order valence-corrected chi connectivity index (χ4v) is 6.65. The third kappa shape index (κ3) is 6.80. The Morgan fingerprint density at radius 3 is 2.60 bits per heavy atom. The second-order valence-corrected chi connectivity index (χ2v) is 13.1. The van der Waals surface area contributed by atoms with Gasteiger partial charge in [0.15, 0.2) is 0 Å². The zero-order valence-corrected chi connectivity index (χ0v) is 27.0. The molecule has 2 aliphatic carbocycles. The van der Waals surface area contributed by atoms with Crippen molar-refractivity contribution in [3.63, 3.8) is 0 Å². The molecule has 5 rings (SSSR count). The van der Waals surface area contributed by atoms with Gasteiger partial charge in [-0.15, -0.1) is 0 Å². The number of nitrogens with zero attached hydrogens (tertiary/aromatic N) is 1. The molecule has 3 aromatic carbocycles. The Labute approximate surface area is 259 Å². The Bertz CT molecular complexity index is 1670. The van der Waals surface area contributed by atoms with Gasteiger partial charge in [-0.25, -0.2) is 0 Å². The van der Waals surface area contributed by atoms with Gasteiger partial charge >= 0.3 is 0 Å². The van der Waals surface area contributed by atoms with Crippen molar-refractivity contribution in [3.05, 3.63) is 130 Å². The van der Waals surface area contributed by atoms with Crippen LogP contribution in [-0.2, 0) is 5.41 Å². The number of nitrogens with two attached hydrogens (primary N) is 1. The summed E-state index contributed by atoms with van der Waals surface area (Å²) in [4.78, 5) is 2.34. The third-order valence-electron chi connectivity index (χ3n) is 9.06. The van der Waals surface area contributed by atoms with Crippen LogP contribution in [0.2, 0.25) is 0 Å². The van der Waals surface area contributed by atoms with Gasteiger partial charge in [0.25, 0.3) is 0 Å². The van der Waals surface area contributed by atoms with Crippen molar-refractivity contribution in [3.8, 4) is 0 Å². The predicted octanol–water partition coefficient (Wildman–Crippen LogP) is 11.3. The molecule has 0 radical (unpaired) electrons. The van der Waals surface area contributed by atoms with Crippen molar-refractivity contribution in [1.82, 2.24) is 0 Å². The maximum Gasteiger partial charge on any atom is 0.0447 e. The van der Waals surface area contributed by atoms with Crippen molar-refractivity contribution in [2.45, 2.75) is 78.1 Å². The molecule has 0 atom stereocenters. The fraction of sp³-hybridized carbons (Fsp3) is 0.317. The van der Waals surface area contributed by atoms with Gasteiger partial charge in [0.1, 0.15) is 0 Å². The largest absolute Gasteiger partial charge is 0.398 e. The normalized spacial score (nSPS) is 16.7. The Hall–Kier alpha value is -4.04. The van der Waals surface area contributed by atoms with Crippen molar-refractivity contribution < 1.29 is 0 Å². The minimum Gasteiger partial charge on any atom is -0.398 e. The topological polar surface area (TPSA) is 29.3 Å². The highest BCUT2D eigenvalue weighted by Gasteiger charge is 2.26. The molecule has 0 fully saturated rings. The van der Waals surface area contributed by atoms with Crippen LogP contribution in [0.5, 0.6) is 0 Å². The van der Waals surface area contributed by atoms with Gasteiger partial charge < -0.3 is 10.6 Å². The minimum absolute atomic E-state index is 0.0651. The molecule has 2 heteroatoms. The van der Waals surface area contributed by atoms with Crippen LogP contribution in [-0.4, -0.2) is 7.05 Å². The molecule has 2 nitrogen and oxygen atoms in total. The van der Waals surface area contributed by atoms with E-state index < -0.39 is 0 Å². The molecule has 0 heterocycles. The smallest absolute Gasteiger partial charge is 0.0447 e. The molecular weight excluding hydrogens is 520 g/mol. The molecule has 43 heavy (non-hydrogen) atoms. The van der Waals surface area contributed by atoms with Crippen LogP contribution in [0.25, 0.3) is 22.9 Å². The van der Waals surface area contributed by atoms with Gasteiger partial charge in [-0.05, 0) is 113 Å². The Kier molecular flexibility index (Phi) is 9.25. The van der Waals surface area contributed by atoms with E-state index in [0.29, 0.717) is 5.92 Å². The van der Waals surface area contributed by atoms with E-state index in [1.54, 1.807) is 0 Å². The van der Waals surface area contributed by atoms with E-state index in [4.69, 9.17) is 5.73 Å². The predicted molar refractivity (Wildman–Crippen MR) is 191 cm³/mol. The molecule has 0 spiro atoms. The number of allylic oxidation sites excluding steroid dienone is 10. The number of nitrogen functional groups attached to an aromatic ring is 1. The first kappa shape index (κ1) is 30.4. The van der Waals surface area contributed by atoms with Crippen LogP contribution in [0, 0.1) is 0 Å². The average molecular weight is 569 g/mol. The zero-order valence-electron chi connectivity index (χ0n) is 27.0. The van der Waals surface area contributed by atoms with E-state index in [9.17, 15) is 0 Å². The van der Waals surface area contributed by atoms with Crippen LogP contribution in [0.3, 0.4) is 0 Å². The molecule has 0 unspecified atom stereocenters. The highest BCUT2D eigenvalue weighted by atomic mass is 15.1. The lowest BCUT2D eigenvalue weighted by molar-refractivity contribution is 0.535. The maximum atomic E-state index is 6.57. The number of fused-ring (bicyclic) bond motifs is 2. The minimum atomic E-state index is -0.0651. The summed E-state index contributed by atoms with van der Waals surface area (Å²) in [5, 5.41) is 2.65. The fourth-order valence-electron chi connectivity index (χ4n) is 6.65. The zero-order chi connectivity index (χ0) is 30.6. The van der Waals surface area contributed by atoms with Gasteiger partial charge in [0.05, 0.1) is 0 Å². The summed E-state index contributed by atoms with van der Waals surface area (Å²) in [6, 6.07) is 17.5. The van der Waals surface area contributed by atoms with Crippen LogP contribution in [0.15, 0.2) is 108 Å². The van der Waals surface area contributed by atoms with Gasteiger partial charge in [-0.2, -0.15) is 0 Å². The van der Waals surface area contributed by atoms with Gasteiger partial charge in [0, 0.05) is 24.1 Å². The Balaban J connectivity index is 1.33. The Morgan fingerprint density at radius 2 is 1.79 bits per heavy atom. The first-order valence-corrected chi connectivity index (χ1v) is 15.9. The van der Waals surface area contributed by atoms with Crippen LogP contribution in [0.4, 0.5) is 11.4 Å². The van der Waals surface area contributed by atoms with E-state index in [0.717, 1.165) is 31.4 Å². The van der Waals surface area contributed by atoms with E-state index in [1.165, 1.54) is 62.0 Å². The van der Waals surface area contributed by atoms with E-state index in [1.807, 2.05) is 0 Å². The second kappa shape index (κ2) is 13.1. The van der Waals surface area contributed by atoms with Crippen molar-refractivity contribution in [2.24, 2.45) is 0 Å². The molecule has 0 saturated carbocycles. The molecular formula is C41H48N2. The van der Waals surface area contributed by atoms with Crippen LogP contribution < -0.4 is 10.6 Å². The monoisotopic (exact) mass is 568 g/mol. The number of anilines is 2. The quantitative estimate of drug-likeness (QED) is 0.274. The molecule has 2 aliphatic rings. The summed E-state index contributed by atoms with van der Waals surface area (Å²) in [5.41, 5.74) is 17.9. The van der Waals surface area contributed by atoms with Crippen molar-refractivity contribution in [1.29, 1.82) is 0 Å². The molecule has 2 N–H and O–H groups in total. The number of benzene rings is 3. The standard InChI is InChI=1S/C41H48N2/c1-29(2)39-35-19-11-10-18-33(35)24-26-38(39)43(6)30(3)21-22-32-15-12-14-31(28-32)16-13-27-41(4,5)40-36-20-9-7-8-17-34(36)23-25-37(40)42/h8-11,13,16-26,28-29H,7,12,14-15,27,42H2,1-6H3/b16-13+,30-21+,32-22+. The lowest BCUT2D eigenvalue weighted by Gasteiger charge is -2.28. The number of hydrogen-bond donors (Lipinski definition) is 1. The molecule has 0 bridgehead atoms. The summed E-state index contributed by atoms with van der Waals surface area (Å²) in [7, 11) is 2.19. The SMILES string of the molecule is C/C(=C\C=C1C=C(/C=C/CC(C)(C)c2c(N)ccc3c2C=CCC=C3)CCC\1)N(C)c1ccc2ccccc2c1C(C)C. The van der Waals surface area contributed by atoms with Crippen LogP contribution in [0.1, 0.15) is 94.9 Å². The van der Waals surface area contributed by atoms with Gasteiger partial charge in [-0.1, -0.05) is 113 Å². The lowest BCUT2D eigenvalue weighted by atomic mass is 9.76. The second-order valence-electron chi connectivity index (χ2n) is 13.1. The van der Waals surface area contributed by atoms with E-state index in [2.05, 4.69) is 150 Å². The average Bonchev–Trinajstić information content (AvgIpc) is 3.24. The Morgan fingerprint density at radius 1 is 1.00 bits per heavy atom. The summed E-state index contributed by atoms with van der Waals surface area (Å²) in [6.07, 6.45) is 26.0. The molecule has 222 valence electrons. The van der Waals surface area contributed by atoms with Crippen LogP contribution >= 0.6 is 0 Å². The molecule has 0 aromatic heterocycles. The molecule has 0 amide bonds. The van der Waals surface area contributed by atoms with E-state index >= 15 is 0 Å². The highest BCUT2D eigenvalue weighted by Crippen LogP contribution is 2.39. The number of hydrogen-bond acceptors (Lipinski definition) is 2. The summed E-state index contributed by atoms with van der Waals surface area (Å²) < 4.78 is 0. The van der Waals surface area contributed by atoms with E-state index in [-0.39, 0.29) is 5.41 Å². The third-order valence-corrected chi connectivity index (χ3v) is 9.06. The van der Waals surface area contributed by atoms with Crippen molar-refractivity contribution in [2.75, 3.05) is 17.7 Å². The van der Waals surface area contributed by atoms with Gasteiger partial charge in [-0.3, -0.25) is 0 Å². The summed E-state index contributed by atoms with van der Waals surface area (Å²) in [5.74, 6) is 0.442. The summed E-state index contributed by atoms with van der Waals surface area (Å²) >= 11 is 0. The summed E-state index contributed by atoms with van der Waals surface area (Å²) in [6.45, 7) is 11.4. The first-order valence-electron chi connectivity index (χ1n) is 15.9. The highest BCUT2D eigenvalue weighted by molar-refractivity contribution is 5.91. The maximum absolute atomic E-state index is 6.57. The number of rotatable bonds is 8.